The summed E-state index contributed by atoms with van der Waals surface area (Å²) in [6.07, 6.45) is 6.81. The van der Waals surface area contributed by atoms with Crippen molar-refractivity contribution in [3.63, 3.8) is 0 Å². The molecule has 1 aliphatic carbocycles. The average Bonchev–Trinajstić information content (AvgIpc) is 2.95. The minimum Gasteiger partial charge on any atom is -0.385 e. The first-order valence-electron chi connectivity index (χ1n) is 7.78. The molecule has 4 heteroatoms. The summed E-state index contributed by atoms with van der Waals surface area (Å²) in [7, 11) is 0. The van der Waals surface area contributed by atoms with Gasteiger partial charge in [-0.15, -0.1) is 0 Å². The molecule has 110 valence electrons. The van der Waals surface area contributed by atoms with E-state index in [0.717, 1.165) is 44.3 Å². The minimum absolute atomic E-state index is 0.628. The fourth-order valence-corrected chi connectivity index (χ4v) is 3.30. The molecule has 1 unspecified atom stereocenters. The van der Waals surface area contributed by atoms with Gasteiger partial charge in [-0.3, -0.25) is 4.68 Å². The molecule has 0 radical (unpaired) electrons. The molecule has 0 aromatic carbocycles. The van der Waals surface area contributed by atoms with Crippen LogP contribution >= 0.6 is 0 Å². The predicted octanol–water partition coefficient (Wildman–Crippen LogP) is 3.44. The van der Waals surface area contributed by atoms with Gasteiger partial charge in [0.05, 0.1) is 17.2 Å². The van der Waals surface area contributed by atoms with Gasteiger partial charge in [-0.1, -0.05) is 20.3 Å². The van der Waals surface area contributed by atoms with Gasteiger partial charge in [0.1, 0.15) is 6.10 Å². The monoisotopic (exact) mass is 275 g/mol. The van der Waals surface area contributed by atoms with Gasteiger partial charge in [0.25, 0.3) is 0 Å². The fraction of sp³-hybridized carbons (Fsp3) is 0.750. The lowest BCUT2D eigenvalue weighted by molar-refractivity contribution is 0.0181. The van der Waals surface area contributed by atoms with Crippen molar-refractivity contribution in [2.24, 2.45) is 11.3 Å². The first-order valence-corrected chi connectivity index (χ1v) is 7.78. The highest BCUT2D eigenvalue weighted by Crippen LogP contribution is 2.47. The standard InChI is InChI=1S/C16H25N3O/c1-3-11-19-14(7-10-18-19)15(20)16(12-17)8-5-13(4-2)6-9-16/h7,10,13,15,20H,3-6,8-9,11H2,1-2H3. The number of aromatic nitrogens is 2. The third-order valence-electron chi connectivity index (χ3n) is 4.79. The van der Waals surface area contributed by atoms with E-state index in [0.29, 0.717) is 5.92 Å². The Kier molecular flexibility index (Phi) is 4.82. The van der Waals surface area contributed by atoms with Crippen LogP contribution in [0.2, 0.25) is 0 Å². The number of hydrogen-bond donors (Lipinski definition) is 1. The Morgan fingerprint density at radius 3 is 2.75 bits per heavy atom. The number of aryl methyl sites for hydroxylation is 1. The summed E-state index contributed by atoms with van der Waals surface area (Å²) in [5, 5.41) is 24.7. The van der Waals surface area contributed by atoms with Crippen LogP contribution in [-0.4, -0.2) is 14.9 Å². The molecule has 0 saturated heterocycles. The molecule has 1 aromatic rings. The molecule has 1 N–H and O–H groups in total. The highest BCUT2D eigenvalue weighted by molar-refractivity contribution is 5.16. The lowest BCUT2D eigenvalue weighted by Crippen LogP contribution is -2.33. The number of nitrogens with zero attached hydrogens (tertiary/aromatic N) is 3. The third kappa shape index (κ3) is 2.73. The van der Waals surface area contributed by atoms with Crippen molar-refractivity contribution in [2.75, 3.05) is 0 Å². The second-order valence-corrected chi connectivity index (χ2v) is 6.00. The Labute approximate surface area is 121 Å². The molecule has 1 aliphatic rings. The van der Waals surface area contributed by atoms with E-state index in [9.17, 15) is 10.4 Å². The Hall–Kier alpha value is -1.34. The number of hydrogen-bond acceptors (Lipinski definition) is 3. The van der Waals surface area contributed by atoms with Crippen LogP contribution in [0.15, 0.2) is 12.3 Å². The van der Waals surface area contributed by atoms with Gasteiger partial charge in [0.2, 0.25) is 0 Å². The highest BCUT2D eigenvalue weighted by atomic mass is 16.3. The topological polar surface area (TPSA) is 61.8 Å². The molecule has 0 bridgehead atoms. The molecule has 1 aromatic heterocycles. The van der Waals surface area contributed by atoms with E-state index in [1.165, 1.54) is 6.42 Å². The Morgan fingerprint density at radius 2 is 2.20 bits per heavy atom. The number of rotatable bonds is 5. The summed E-state index contributed by atoms with van der Waals surface area (Å²) < 4.78 is 1.84. The first-order chi connectivity index (χ1) is 9.66. The second-order valence-electron chi connectivity index (χ2n) is 6.00. The van der Waals surface area contributed by atoms with Gasteiger partial charge in [0, 0.05) is 12.7 Å². The van der Waals surface area contributed by atoms with Crippen LogP contribution in [0.5, 0.6) is 0 Å². The van der Waals surface area contributed by atoms with E-state index in [-0.39, 0.29) is 0 Å². The Bertz CT molecular complexity index is 466. The number of aliphatic hydroxyl groups is 1. The molecule has 1 fully saturated rings. The van der Waals surface area contributed by atoms with E-state index in [1.54, 1.807) is 6.20 Å². The summed E-state index contributed by atoms with van der Waals surface area (Å²) in [6.45, 7) is 5.08. The van der Waals surface area contributed by atoms with E-state index < -0.39 is 11.5 Å². The summed E-state index contributed by atoms with van der Waals surface area (Å²) in [5.74, 6) is 0.712. The Morgan fingerprint density at radius 1 is 1.50 bits per heavy atom. The smallest absolute Gasteiger partial charge is 0.114 e. The second kappa shape index (κ2) is 6.41. The zero-order valence-corrected chi connectivity index (χ0v) is 12.5. The van der Waals surface area contributed by atoms with E-state index >= 15 is 0 Å². The molecule has 2 rings (SSSR count). The molecule has 1 heterocycles. The molecule has 20 heavy (non-hydrogen) atoms. The largest absolute Gasteiger partial charge is 0.385 e. The van der Waals surface area contributed by atoms with Crippen LogP contribution < -0.4 is 0 Å². The normalized spacial score (nSPS) is 28.0. The third-order valence-corrected chi connectivity index (χ3v) is 4.79. The quantitative estimate of drug-likeness (QED) is 0.895. The molecule has 1 atom stereocenters. The van der Waals surface area contributed by atoms with Crippen LogP contribution in [0.1, 0.15) is 64.2 Å². The SMILES string of the molecule is CCCn1nccc1C(O)C1(C#N)CCC(CC)CC1. The first kappa shape index (κ1) is 15.1. The van der Waals surface area contributed by atoms with Crippen LogP contribution in [0.25, 0.3) is 0 Å². The zero-order chi connectivity index (χ0) is 14.6. The van der Waals surface area contributed by atoms with Crippen molar-refractivity contribution in [3.05, 3.63) is 18.0 Å². The molecule has 1 saturated carbocycles. The van der Waals surface area contributed by atoms with Gasteiger partial charge >= 0.3 is 0 Å². The fourth-order valence-electron chi connectivity index (χ4n) is 3.30. The van der Waals surface area contributed by atoms with Crippen molar-refractivity contribution in [1.82, 2.24) is 9.78 Å². The van der Waals surface area contributed by atoms with Gasteiger partial charge in [-0.25, -0.2) is 0 Å². The van der Waals surface area contributed by atoms with E-state index in [1.807, 2.05) is 10.7 Å². The molecular formula is C16H25N3O. The van der Waals surface area contributed by atoms with Crippen molar-refractivity contribution < 1.29 is 5.11 Å². The van der Waals surface area contributed by atoms with Crippen LogP contribution in [-0.2, 0) is 6.54 Å². The van der Waals surface area contributed by atoms with Crippen LogP contribution in [0.4, 0.5) is 0 Å². The van der Waals surface area contributed by atoms with Crippen molar-refractivity contribution in [1.29, 1.82) is 5.26 Å². The Balaban J connectivity index is 2.19. The predicted molar refractivity (Wildman–Crippen MR) is 77.8 cm³/mol. The van der Waals surface area contributed by atoms with Crippen LogP contribution in [0.3, 0.4) is 0 Å². The molecule has 0 amide bonds. The van der Waals surface area contributed by atoms with E-state index in [4.69, 9.17) is 0 Å². The summed E-state index contributed by atoms with van der Waals surface area (Å²) in [4.78, 5) is 0. The van der Waals surface area contributed by atoms with Gasteiger partial charge in [-0.2, -0.15) is 10.4 Å². The highest BCUT2D eigenvalue weighted by Gasteiger charge is 2.43. The lowest BCUT2D eigenvalue weighted by Gasteiger charge is -2.38. The molecule has 0 spiro atoms. The summed E-state index contributed by atoms with van der Waals surface area (Å²) >= 11 is 0. The van der Waals surface area contributed by atoms with Crippen molar-refractivity contribution in [2.45, 2.75) is 65.0 Å². The lowest BCUT2D eigenvalue weighted by atomic mass is 9.67. The van der Waals surface area contributed by atoms with Crippen molar-refractivity contribution in [3.8, 4) is 6.07 Å². The molecule has 4 nitrogen and oxygen atoms in total. The average molecular weight is 275 g/mol. The maximum Gasteiger partial charge on any atom is 0.114 e. The summed E-state index contributed by atoms with van der Waals surface area (Å²) in [6, 6.07) is 4.28. The maximum absolute atomic E-state index is 10.8. The van der Waals surface area contributed by atoms with E-state index in [2.05, 4.69) is 25.0 Å². The molecule has 0 aliphatic heterocycles. The van der Waals surface area contributed by atoms with Crippen molar-refractivity contribution >= 4 is 0 Å². The zero-order valence-electron chi connectivity index (χ0n) is 12.5. The summed E-state index contributed by atoms with van der Waals surface area (Å²) in [5.41, 5.74) is 0.167. The maximum atomic E-state index is 10.8. The number of nitriles is 1. The van der Waals surface area contributed by atoms with Crippen LogP contribution in [0, 0.1) is 22.7 Å². The number of aliphatic hydroxyl groups excluding tert-OH is 1. The van der Waals surface area contributed by atoms with Gasteiger partial charge in [0.15, 0.2) is 0 Å². The van der Waals surface area contributed by atoms with Gasteiger partial charge < -0.3 is 5.11 Å². The molecular weight excluding hydrogens is 250 g/mol. The minimum atomic E-state index is -0.723. The van der Waals surface area contributed by atoms with Gasteiger partial charge in [-0.05, 0) is 44.1 Å².